The first-order chi connectivity index (χ1) is 8.54. The van der Waals surface area contributed by atoms with E-state index in [-0.39, 0.29) is 11.5 Å². The van der Waals surface area contributed by atoms with Crippen molar-refractivity contribution in [2.45, 2.75) is 38.6 Å². The SMILES string of the molecule is CCC(C)(C)c1ccc(C(N)c2cccs2)cc1. The summed E-state index contributed by atoms with van der Waals surface area (Å²) in [6, 6.07) is 12.9. The van der Waals surface area contributed by atoms with Crippen molar-refractivity contribution in [2.24, 2.45) is 5.73 Å². The van der Waals surface area contributed by atoms with Crippen molar-refractivity contribution in [3.05, 3.63) is 57.8 Å². The molecular formula is C16H21NS. The molecule has 0 saturated heterocycles. The smallest absolute Gasteiger partial charge is 0.0645 e. The third-order valence-corrected chi connectivity index (χ3v) is 4.74. The van der Waals surface area contributed by atoms with Gasteiger partial charge in [0, 0.05) is 4.88 Å². The van der Waals surface area contributed by atoms with Crippen LogP contribution in [0.3, 0.4) is 0 Å². The number of thiophene rings is 1. The predicted octanol–water partition coefficient (Wildman–Crippen LogP) is 4.48. The van der Waals surface area contributed by atoms with Gasteiger partial charge < -0.3 is 5.73 Å². The molecule has 2 aromatic rings. The highest BCUT2D eigenvalue weighted by molar-refractivity contribution is 7.10. The molecule has 0 fully saturated rings. The lowest BCUT2D eigenvalue weighted by atomic mass is 9.82. The van der Waals surface area contributed by atoms with E-state index >= 15 is 0 Å². The highest BCUT2D eigenvalue weighted by atomic mass is 32.1. The van der Waals surface area contributed by atoms with Crippen molar-refractivity contribution in [3.8, 4) is 0 Å². The third-order valence-electron chi connectivity index (χ3n) is 3.78. The first-order valence-electron chi connectivity index (χ1n) is 6.44. The van der Waals surface area contributed by atoms with Crippen LogP contribution in [0.2, 0.25) is 0 Å². The molecule has 1 aromatic carbocycles. The van der Waals surface area contributed by atoms with E-state index in [0.29, 0.717) is 0 Å². The summed E-state index contributed by atoms with van der Waals surface area (Å²) in [6.07, 6.45) is 1.14. The lowest BCUT2D eigenvalue weighted by molar-refractivity contribution is 0.506. The summed E-state index contributed by atoms with van der Waals surface area (Å²) >= 11 is 1.72. The van der Waals surface area contributed by atoms with Gasteiger partial charge in [-0.25, -0.2) is 0 Å². The second-order valence-corrected chi connectivity index (χ2v) is 6.33. The molecule has 1 aromatic heterocycles. The molecule has 0 radical (unpaired) electrons. The molecular weight excluding hydrogens is 238 g/mol. The Balaban J connectivity index is 2.23. The van der Waals surface area contributed by atoms with Gasteiger partial charge in [-0.05, 0) is 34.4 Å². The Morgan fingerprint density at radius 2 is 1.83 bits per heavy atom. The Morgan fingerprint density at radius 1 is 1.17 bits per heavy atom. The molecule has 2 heteroatoms. The highest BCUT2D eigenvalue weighted by Gasteiger charge is 2.18. The van der Waals surface area contributed by atoms with Gasteiger partial charge in [-0.1, -0.05) is 51.1 Å². The zero-order valence-electron chi connectivity index (χ0n) is 11.3. The molecule has 0 aliphatic heterocycles. The normalized spacial score (nSPS) is 13.6. The maximum atomic E-state index is 6.26. The summed E-state index contributed by atoms with van der Waals surface area (Å²) in [6.45, 7) is 6.79. The van der Waals surface area contributed by atoms with Gasteiger partial charge in [0.2, 0.25) is 0 Å². The highest BCUT2D eigenvalue weighted by Crippen LogP contribution is 2.29. The Hall–Kier alpha value is -1.12. The fraction of sp³-hybridized carbons (Fsp3) is 0.375. The van der Waals surface area contributed by atoms with E-state index in [1.165, 1.54) is 16.0 Å². The number of nitrogens with two attached hydrogens (primary N) is 1. The van der Waals surface area contributed by atoms with Crippen LogP contribution in [0.1, 0.15) is 49.2 Å². The Labute approximate surface area is 114 Å². The number of benzene rings is 1. The topological polar surface area (TPSA) is 26.0 Å². The van der Waals surface area contributed by atoms with Crippen LogP contribution in [0.15, 0.2) is 41.8 Å². The van der Waals surface area contributed by atoms with Gasteiger partial charge in [-0.15, -0.1) is 11.3 Å². The molecule has 2 rings (SSSR count). The summed E-state index contributed by atoms with van der Waals surface area (Å²) in [5.74, 6) is 0. The van der Waals surface area contributed by atoms with Crippen molar-refractivity contribution in [1.29, 1.82) is 0 Å². The van der Waals surface area contributed by atoms with Crippen LogP contribution in [0, 0.1) is 0 Å². The number of rotatable bonds is 4. The average Bonchev–Trinajstić information content (AvgIpc) is 2.92. The Bertz CT molecular complexity index is 482. The molecule has 0 aliphatic carbocycles. The van der Waals surface area contributed by atoms with Crippen LogP contribution >= 0.6 is 11.3 Å². The molecule has 1 atom stereocenters. The molecule has 96 valence electrons. The van der Waals surface area contributed by atoms with E-state index in [4.69, 9.17) is 5.73 Å². The third kappa shape index (κ3) is 2.65. The predicted molar refractivity (Wildman–Crippen MR) is 80.1 cm³/mol. The minimum Gasteiger partial charge on any atom is -0.320 e. The van der Waals surface area contributed by atoms with Crippen LogP contribution in [-0.2, 0) is 5.41 Å². The maximum absolute atomic E-state index is 6.26. The second-order valence-electron chi connectivity index (χ2n) is 5.35. The molecule has 1 nitrogen and oxygen atoms in total. The van der Waals surface area contributed by atoms with Gasteiger partial charge >= 0.3 is 0 Å². The van der Waals surface area contributed by atoms with Crippen LogP contribution in [-0.4, -0.2) is 0 Å². The molecule has 0 saturated carbocycles. The molecule has 1 unspecified atom stereocenters. The van der Waals surface area contributed by atoms with Gasteiger partial charge in [0.1, 0.15) is 0 Å². The van der Waals surface area contributed by atoms with E-state index in [1.807, 2.05) is 0 Å². The summed E-state index contributed by atoms with van der Waals surface area (Å²) in [7, 11) is 0. The van der Waals surface area contributed by atoms with E-state index in [0.717, 1.165) is 6.42 Å². The monoisotopic (exact) mass is 259 g/mol. The van der Waals surface area contributed by atoms with Crippen LogP contribution in [0.25, 0.3) is 0 Å². The van der Waals surface area contributed by atoms with Gasteiger partial charge in [-0.3, -0.25) is 0 Å². The quantitative estimate of drug-likeness (QED) is 0.860. The number of hydrogen-bond donors (Lipinski definition) is 1. The summed E-state index contributed by atoms with van der Waals surface area (Å²) in [5, 5.41) is 2.07. The molecule has 0 aliphatic rings. The molecule has 18 heavy (non-hydrogen) atoms. The van der Waals surface area contributed by atoms with Crippen molar-refractivity contribution < 1.29 is 0 Å². The van der Waals surface area contributed by atoms with Crippen LogP contribution in [0.5, 0.6) is 0 Å². The van der Waals surface area contributed by atoms with Crippen molar-refractivity contribution >= 4 is 11.3 Å². The fourth-order valence-corrected chi connectivity index (χ4v) is 2.73. The largest absolute Gasteiger partial charge is 0.320 e. The van der Waals surface area contributed by atoms with E-state index in [9.17, 15) is 0 Å². The lowest BCUT2D eigenvalue weighted by Gasteiger charge is -2.24. The van der Waals surface area contributed by atoms with Gasteiger partial charge in [0.05, 0.1) is 6.04 Å². The zero-order valence-corrected chi connectivity index (χ0v) is 12.1. The van der Waals surface area contributed by atoms with Crippen LogP contribution in [0.4, 0.5) is 0 Å². The van der Waals surface area contributed by atoms with Crippen molar-refractivity contribution in [3.63, 3.8) is 0 Å². The Morgan fingerprint density at radius 3 is 2.33 bits per heavy atom. The van der Waals surface area contributed by atoms with Gasteiger partial charge in [0.25, 0.3) is 0 Å². The summed E-state index contributed by atoms with van der Waals surface area (Å²) in [5.41, 5.74) is 9.07. The van der Waals surface area contributed by atoms with Crippen molar-refractivity contribution in [2.75, 3.05) is 0 Å². The Kier molecular flexibility index (Phi) is 3.88. The first-order valence-corrected chi connectivity index (χ1v) is 7.32. The van der Waals surface area contributed by atoms with Crippen molar-refractivity contribution in [1.82, 2.24) is 0 Å². The van der Waals surface area contributed by atoms with E-state index in [2.05, 4.69) is 62.5 Å². The molecule has 0 spiro atoms. The minimum absolute atomic E-state index is 0.00351. The lowest BCUT2D eigenvalue weighted by Crippen LogP contribution is -2.16. The number of hydrogen-bond acceptors (Lipinski definition) is 2. The van der Waals surface area contributed by atoms with E-state index < -0.39 is 0 Å². The average molecular weight is 259 g/mol. The van der Waals surface area contributed by atoms with E-state index in [1.54, 1.807) is 11.3 Å². The standard InChI is InChI=1S/C16H21NS/c1-4-16(2,3)13-9-7-12(8-10-13)15(17)14-6-5-11-18-14/h5-11,15H,4,17H2,1-3H3. The van der Waals surface area contributed by atoms with Gasteiger partial charge in [0.15, 0.2) is 0 Å². The minimum atomic E-state index is 0.00351. The molecule has 1 heterocycles. The molecule has 2 N–H and O–H groups in total. The zero-order chi connectivity index (χ0) is 13.2. The second kappa shape index (κ2) is 5.25. The first kappa shape index (κ1) is 13.3. The summed E-state index contributed by atoms with van der Waals surface area (Å²) in [4.78, 5) is 1.22. The maximum Gasteiger partial charge on any atom is 0.0645 e. The summed E-state index contributed by atoms with van der Waals surface area (Å²) < 4.78 is 0. The van der Waals surface area contributed by atoms with Crippen LogP contribution < -0.4 is 5.73 Å². The molecule has 0 amide bonds. The fourth-order valence-electron chi connectivity index (χ4n) is 1.98. The molecule has 0 bridgehead atoms. The van der Waals surface area contributed by atoms with Gasteiger partial charge in [-0.2, -0.15) is 0 Å².